The highest BCUT2D eigenvalue weighted by molar-refractivity contribution is 7.18. The third-order valence-electron chi connectivity index (χ3n) is 5.89. The van der Waals surface area contributed by atoms with Gasteiger partial charge in [0.05, 0.1) is 11.6 Å². The maximum atomic E-state index is 13.5. The molecule has 144 valence electrons. The van der Waals surface area contributed by atoms with Crippen molar-refractivity contribution < 1.29 is 0 Å². The van der Waals surface area contributed by atoms with E-state index in [1.165, 1.54) is 29.7 Å². The summed E-state index contributed by atoms with van der Waals surface area (Å²) in [6.45, 7) is 0. The molecule has 1 aromatic carbocycles. The highest BCUT2D eigenvalue weighted by Crippen LogP contribution is 2.37. The summed E-state index contributed by atoms with van der Waals surface area (Å²) in [7, 11) is 0. The maximum Gasteiger partial charge on any atom is 0.264 e. The number of hydrogen-bond donors (Lipinski definition) is 1. The molecule has 0 atom stereocenters. The Balaban J connectivity index is 1.58. The molecule has 2 heterocycles. The predicted molar refractivity (Wildman–Crippen MR) is 116 cm³/mol. The van der Waals surface area contributed by atoms with Crippen LogP contribution in [-0.4, -0.2) is 15.8 Å². The highest BCUT2D eigenvalue weighted by atomic mass is 32.1. The van der Waals surface area contributed by atoms with Gasteiger partial charge < -0.3 is 0 Å². The molecule has 0 bridgehead atoms. The maximum absolute atomic E-state index is 13.5. The third-order valence-corrected chi connectivity index (χ3v) is 7.07. The van der Waals surface area contributed by atoms with Gasteiger partial charge in [0.2, 0.25) is 5.95 Å². The number of hydrazone groups is 1. The molecule has 28 heavy (non-hydrogen) atoms. The molecule has 0 saturated heterocycles. The number of nitrogens with zero attached hydrogens (tertiary/aromatic N) is 3. The van der Waals surface area contributed by atoms with Crippen molar-refractivity contribution in [2.75, 3.05) is 5.43 Å². The van der Waals surface area contributed by atoms with Crippen molar-refractivity contribution in [2.24, 2.45) is 5.10 Å². The van der Waals surface area contributed by atoms with Crippen molar-refractivity contribution >= 4 is 33.7 Å². The van der Waals surface area contributed by atoms with Crippen LogP contribution < -0.4 is 11.0 Å². The molecular weight excluding hydrogens is 368 g/mol. The first-order valence-electron chi connectivity index (χ1n) is 10.2. The predicted octanol–water partition coefficient (Wildman–Crippen LogP) is 4.90. The average Bonchev–Trinajstić information content (AvgIpc) is 3.30. The summed E-state index contributed by atoms with van der Waals surface area (Å²) >= 11 is 1.68. The number of thiophene rings is 1. The Morgan fingerprint density at radius 2 is 1.93 bits per heavy atom. The second kappa shape index (κ2) is 7.51. The van der Waals surface area contributed by atoms with E-state index in [4.69, 9.17) is 4.98 Å². The minimum Gasteiger partial charge on any atom is -0.274 e. The van der Waals surface area contributed by atoms with Crippen LogP contribution in [0.1, 0.15) is 60.6 Å². The average molecular weight is 393 g/mol. The number of aromatic nitrogens is 2. The molecular formula is C22H24N4OS. The highest BCUT2D eigenvalue weighted by Gasteiger charge is 2.26. The minimum atomic E-state index is 0.119. The van der Waals surface area contributed by atoms with Gasteiger partial charge in [0.15, 0.2) is 0 Å². The quantitative estimate of drug-likeness (QED) is 0.508. The van der Waals surface area contributed by atoms with Gasteiger partial charge in [-0.05, 0) is 43.2 Å². The molecule has 0 aliphatic heterocycles. The molecule has 0 amide bonds. The molecule has 1 N–H and O–H groups in total. The van der Waals surface area contributed by atoms with E-state index < -0.39 is 0 Å². The second-order valence-corrected chi connectivity index (χ2v) is 8.80. The molecule has 2 aliphatic rings. The number of rotatable bonds is 4. The molecule has 5 nitrogen and oxygen atoms in total. The summed E-state index contributed by atoms with van der Waals surface area (Å²) in [6.07, 6.45) is 10.7. The van der Waals surface area contributed by atoms with Crippen LogP contribution in [0.3, 0.4) is 0 Å². The standard InChI is InChI=1S/C22H24N4OS/c27-21-19-17-12-7-13-18(17)28-20(19)24-22(26(21)16-10-5-2-6-11-16)25-23-14-15-8-3-1-4-9-15/h1,3-4,8-9,14,16H,2,5-7,10-13H2,(H,24,25)/b23-14+. The smallest absolute Gasteiger partial charge is 0.264 e. The molecule has 5 rings (SSSR count). The van der Waals surface area contributed by atoms with Gasteiger partial charge in [0, 0.05) is 10.9 Å². The van der Waals surface area contributed by atoms with Crippen LogP contribution in [0, 0.1) is 0 Å². The molecule has 2 aliphatic carbocycles. The molecule has 1 fully saturated rings. The van der Waals surface area contributed by atoms with Gasteiger partial charge in [-0.1, -0.05) is 49.6 Å². The molecule has 3 aromatic rings. The van der Waals surface area contributed by atoms with Gasteiger partial charge in [-0.25, -0.2) is 10.4 Å². The van der Waals surface area contributed by atoms with E-state index in [9.17, 15) is 4.79 Å². The van der Waals surface area contributed by atoms with Crippen molar-refractivity contribution in [1.82, 2.24) is 9.55 Å². The molecule has 1 saturated carbocycles. The van der Waals surface area contributed by atoms with Gasteiger partial charge >= 0.3 is 0 Å². The SMILES string of the molecule is O=c1c2c3c(sc2nc(N/N=C/c2ccccc2)n1C1CCCCC1)CCC3. The fourth-order valence-corrected chi connectivity index (χ4v) is 5.77. The number of benzene rings is 1. The number of fused-ring (bicyclic) bond motifs is 3. The topological polar surface area (TPSA) is 59.3 Å². The van der Waals surface area contributed by atoms with Crippen LogP contribution in [-0.2, 0) is 12.8 Å². The van der Waals surface area contributed by atoms with Gasteiger partial charge in [-0.2, -0.15) is 5.10 Å². The molecule has 6 heteroatoms. The largest absolute Gasteiger partial charge is 0.274 e. The second-order valence-electron chi connectivity index (χ2n) is 7.72. The van der Waals surface area contributed by atoms with E-state index in [1.807, 2.05) is 34.9 Å². The minimum absolute atomic E-state index is 0.119. The normalized spacial score (nSPS) is 17.4. The van der Waals surface area contributed by atoms with E-state index >= 15 is 0 Å². The van der Waals surface area contributed by atoms with Crippen LogP contribution in [0.15, 0.2) is 40.2 Å². The molecule has 0 spiro atoms. The summed E-state index contributed by atoms with van der Waals surface area (Å²) in [6, 6.07) is 10.2. The van der Waals surface area contributed by atoms with Crippen molar-refractivity contribution in [2.45, 2.75) is 57.4 Å². The number of aryl methyl sites for hydroxylation is 2. The summed E-state index contributed by atoms with van der Waals surface area (Å²) in [5.41, 5.74) is 5.47. The van der Waals surface area contributed by atoms with E-state index in [0.717, 1.165) is 47.9 Å². The van der Waals surface area contributed by atoms with E-state index in [-0.39, 0.29) is 11.6 Å². The van der Waals surface area contributed by atoms with Gasteiger partial charge in [-0.15, -0.1) is 11.3 Å². The third kappa shape index (κ3) is 3.15. The number of hydrogen-bond acceptors (Lipinski definition) is 5. The lowest BCUT2D eigenvalue weighted by Gasteiger charge is -2.25. The number of nitrogens with one attached hydrogen (secondary N) is 1. The fraction of sp³-hybridized carbons (Fsp3) is 0.409. The Bertz CT molecular complexity index is 1080. The Labute approximate surface area is 168 Å². The first kappa shape index (κ1) is 17.6. The van der Waals surface area contributed by atoms with Crippen molar-refractivity contribution in [3.63, 3.8) is 0 Å². The van der Waals surface area contributed by atoms with E-state index in [2.05, 4.69) is 10.5 Å². The summed E-state index contributed by atoms with van der Waals surface area (Å²) in [5.74, 6) is 0.580. The lowest BCUT2D eigenvalue weighted by Crippen LogP contribution is -2.29. The van der Waals surface area contributed by atoms with Crippen LogP contribution in [0.25, 0.3) is 10.2 Å². The van der Waals surface area contributed by atoms with E-state index in [1.54, 1.807) is 17.6 Å². The molecule has 0 unspecified atom stereocenters. The number of anilines is 1. The summed E-state index contributed by atoms with van der Waals surface area (Å²) in [4.78, 5) is 20.6. The van der Waals surface area contributed by atoms with Crippen LogP contribution in [0.5, 0.6) is 0 Å². The lowest BCUT2D eigenvalue weighted by atomic mass is 9.95. The van der Waals surface area contributed by atoms with Gasteiger partial charge in [0.25, 0.3) is 5.56 Å². The Morgan fingerprint density at radius 3 is 2.75 bits per heavy atom. The molecule has 0 radical (unpaired) electrons. The monoisotopic (exact) mass is 392 g/mol. The van der Waals surface area contributed by atoms with E-state index in [0.29, 0.717) is 5.95 Å². The lowest BCUT2D eigenvalue weighted by molar-refractivity contribution is 0.348. The van der Waals surface area contributed by atoms with Gasteiger partial charge in [-0.3, -0.25) is 9.36 Å². The Hall–Kier alpha value is -2.47. The Kier molecular flexibility index (Phi) is 4.72. The summed E-state index contributed by atoms with van der Waals surface area (Å²) in [5, 5.41) is 5.25. The van der Waals surface area contributed by atoms with Crippen molar-refractivity contribution in [1.29, 1.82) is 0 Å². The zero-order chi connectivity index (χ0) is 18.9. The zero-order valence-electron chi connectivity index (χ0n) is 15.9. The van der Waals surface area contributed by atoms with Crippen molar-refractivity contribution in [3.05, 3.63) is 56.7 Å². The fourth-order valence-electron chi connectivity index (χ4n) is 4.52. The first-order chi connectivity index (χ1) is 13.8. The zero-order valence-corrected chi connectivity index (χ0v) is 16.7. The van der Waals surface area contributed by atoms with Crippen LogP contribution in [0.4, 0.5) is 5.95 Å². The summed E-state index contributed by atoms with van der Waals surface area (Å²) < 4.78 is 1.90. The van der Waals surface area contributed by atoms with Gasteiger partial charge in [0.1, 0.15) is 4.83 Å². The first-order valence-corrected chi connectivity index (χ1v) is 11.0. The Morgan fingerprint density at radius 1 is 1.11 bits per heavy atom. The van der Waals surface area contributed by atoms with Crippen molar-refractivity contribution in [3.8, 4) is 0 Å². The van der Waals surface area contributed by atoms with Crippen LogP contribution >= 0.6 is 11.3 Å². The molecule has 2 aromatic heterocycles. The van der Waals surface area contributed by atoms with Crippen LogP contribution in [0.2, 0.25) is 0 Å².